The summed E-state index contributed by atoms with van der Waals surface area (Å²) in [6, 6.07) is 9.43. The Labute approximate surface area is 123 Å². The first-order valence-electron chi connectivity index (χ1n) is 5.64. The molecule has 0 aliphatic rings. The number of oxazole rings is 1. The van der Waals surface area contributed by atoms with Gasteiger partial charge in [-0.2, -0.15) is 0 Å². The normalized spacial score (nSPS) is 10.9. The predicted molar refractivity (Wildman–Crippen MR) is 76.4 cm³/mol. The maximum atomic E-state index is 10.9. The van der Waals surface area contributed by atoms with Crippen molar-refractivity contribution in [3.05, 3.63) is 52.0 Å². The number of rotatable bonds is 2. The molecule has 0 saturated heterocycles. The highest BCUT2D eigenvalue weighted by Crippen LogP contribution is 2.32. The van der Waals surface area contributed by atoms with Crippen LogP contribution in [0.2, 0.25) is 10.0 Å². The third-order valence-electron chi connectivity index (χ3n) is 2.79. The van der Waals surface area contributed by atoms with Crippen LogP contribution < -0.4 is 0 Å². The Bertz CT molecular complexity index is 826. The Balaban J connectivity index is 2.17. The summed E-state index contributed by atoms with van der Waals surface area (Å²) in [7, 11) is 0. The second-order valence-corrected chi connectivity index (χ2v) is 4.97. The van der Waals surface area contributed by atoms with Crippen molar-refractivity contribution in [3.63, 3.8) is 0 Å². The van der Waals surface area contributed by atoms with Gasteiger partial charge in [-0.05, 0) is 36.4 Å². The zero-order chi connectivity index (χ0) is 14.3. The van der Waals surface area contributed by atoms with Crippen LogP contribution in [0.4, 0.5) is 0 Å². The molecule has 0 atom stereocenters. The molecule has 3 aromatic rings. The Morgan fingerprint density at radius 1 is 1.15 bits per heavy atom. The molecule has 0 aliphatic heterocycles. The van der Waals surface area contributed by atoms with Gasteiger partial charge in [0.05, 0.1) is 16.1 Å². The molecule has 2 aromatic carbocycles. The van der Waals surface area contributed by atoms with Crippen molar-refractivity contribution in [3.8, 4) is 11.5 Å². The number of carboxylic acid groups (broad SMARTS) is 1. The van der Waals surface area contributed by atoms with Crippen LogP contribution in [0.1, 0.15) is 10.4 Å². The molecule has 0 saturated carbocycles. The Morgan fingerprint density at radius 2 is 1.95 bits per heavy atom. The average Bonchev–Trinajstić information content (AvgIpc) is 2.83. The highest BCUT2D eigenvalue weighted by molar-refractivity contribution is 6.35. The molecule has 0 bridgehead atoms. The maximum absolute atomic E-state index is 10.9. The van der Waals surface area contributed by atoms with Gasteiger partial charge in [-0.25, -0.2) is 9.78 Å². The van der Waals surface area contributed by atoms with Crippen molar-refractivity contribution in [1.82, 2.24) is 4.98 Å². The summed E-state index contributed by atoms with van der Waals surface area (Å²) in [6.45, 7) is 0. The van der Waals surface area contributed by atoms with Crippen LogP contribution in [0.25, 0.3) is 22.6 Å². The lowest BCUT2D eigenvalue weighted by Gasteiger charge is -1.99. The van der Waals surface area contributed by atoms with Crippen molar-refractivity contribution in [2.75, 3.05) is 0 Å². The fourth-order valence-corrected chi connectivity index (χ4v) is 2.21. The van der Waals surface area contributed by atoms with Gasteiger partial charge in [-0.3, -0.25) is 0 Å². The van der Waals surface area contributed by atoms with Crippen LogP contribution in [0, 0.1) is 0 Å². The van der Waals surface area contributed by atoms with Crippen LogP contribution in [0.3, 0.4) is 0 Å². The van der Waals surface area contributed by atoms with Crippen molar-refractivity contribution in [2.45, 2.75) is 0 Å². The molecule has 0 aliphatic carbocycles. The molecule has 3 rings (SSSR count). The summed E-state index contributed by atoms with van der Waals surface area (Å²) < 4.78 is 5.58. The van der Waals surface area contributed by atoms with E-state index < -0.39 is 5.97 Å². The minimum Gasteiger partial charge on any atom is -0.478 e. The fraction of sp³-hybridized carbons (Fsp3) is 0. The number of halogens is 2. The van der Waals surface area contributed by atoms with E-state index in [4.69, 9.17) is 32.7 Å². The van der Waals surface area contributed by atoms with E-state index in [1.807, 2.05) is 0 Å². The summed E-state index contributed by atoms with van der Waals surface area (Å²) in [5.74, 6) is -0.715. The molecule has 1 aromatic heterocycles. The first-order chi connectivity index (χ1) is 9.54. The number of hydrogen-bond donors (Lipinski definition) is 1. The number of benzene rings is 2. The van der Waals surface area contributed by atoms with Crippen LogP contribution >= 0.6 is 23.2 Å². The van der Waals surface area contributed by atoms with Gasteiger partial charge >= 0.3 is 5.97 Å². The highest BCUT2D eigenvalue weighted by atomic mass is 35.5. The summed E-state index contributed by atoms with van der Waals surface area (Å²) in [5, 5.41) is 9.92. The molecule has 0 unspecified atom stereocenters. The van der Waals surface area contributed by atoms with Crippen LogP contribution in [-0.4, -0.2) is 16.1 Å². The van der Waals surface area contributed by atoms with Crippen LogP contribution in [-0.2, 0) is 0 Å². The number of carbonyl (C=O) groups is 1. The number of hydrogen-bond acceptors (Lipinski definition) is 3. The molecule has 100 valence electrons. The second kappa shape index (κ2) is 4.81. The molecule has 0 radical (unpaired) electrons. The van der Waals surface area contributed by atoms with Gasteiger partial charge in [-0.1, -0.05) is 23.2 Å². The van der Waals surface area contributed by atoms with Gasteiger partial charge in [0.1, 0.15) is 5.52 Å². The minimum atomic E-state index is -1.02. The summed E-state index contributed by atoms with van der Waals surface area (Å²) in [4.78, 5) is 15.2. The van der Waals surface area contributed by atoms with Crippen molar-refractivity contribution >= 4 is 40.3 Å². The van der Waals surface area contributed by atoms with Crippen molar-refractivity contribution in [2.24, 2.45) is 0 Å². The molecule has 0 fully saturated rings. The Morgan fingerprint density at radius 3 is 2.70 bits per heavy atom. The number of aromatic nitrogens is 1. The highest BCUT2D eigenvalue weighted by Gasteiger charge is 2.13. The maximum Gasteiger partial charge on any atom is 0.335 e. The van der Waals surface area contributed by atoms with Gasteiger partial charge in [0, 0.05) is 5.02 Å². The van der Waals surface area contributed by atoms with E-state index in [1.54, 1.807) is 24.3 Å². The number of aromatic carboxylic acids is 1. The molecular weight excluding hydrogens is 301 g/mol. The Hall–Kier alpha value is -2.04. The van der Waals surface area contributed by atoms with E-state index in [2.05, 4.69) is 4.98 Å². The third-order valence-corrected chi connectivity index (χ3v) is 3.36. The van der Waals surface area contributed by atoms with E-state index in [9.17, 15) is 4.79 Å². The zero-order valence-corrected chi connectivity index (χ0v) is 11.4. The molecule has 20 heavy (non-hydrogen) atoms. The largest absolute Gasteiger partial charge is 0.478 e. The van der Waals surface area contributed by atoms with Gasteiger partial charge < -0.3 is 9.52 Å². The first kappa shape index (κ1) is 13.0. The van der Waals surface area contributed by atoms with E-state index in [0.29, 0.717) is 32.6 Å². The second-order valence-electron chi connectivity index (χ2n) is 4.13. The third kappa shape index (κ3) is 2.24. The monoisotopic (exact) mass is 307 g/mol. The lowest BCUT2D eigenvalue weighted by molar-refractivity contribution is 0.0697. The van der Waals surface area contributed by atoms with Gasteiger partial charge in [0.15, 0.2) is 5.58 Å². The van der Waals surface area contributed by atoms with E-state index >= 15 is 0 Å². The molecular formula is C14H7Cl2NO3. The Kier molecular flexibility index (Phi) is 3.12. The molecule has 1 N–H and O–H groups in total. The molecule has 6 heteroatoms. The lowest BCUT2D eigenvalue weighted by atomic mass is 10.2. The van der Waals surface area contributed by atoms with Crippen LogP contribution in [0.5, 0.6) is 0 Å². The topological polar surface area (TPSA) is 63.3 Å². The van der Waals surface area contributed by atoms with E-state index in [1.165, 1.54) is 12.1 Å². The molecule has 1 heterocycles. The molecule has 0 amide bonds. The predicted octanol–water partition coefficient (Wildman–Crippen LogP) is 4.50. The smallest absolute Gasteiger partial charge is 0.335 e. The SMILES string of the molecule is O=C(O)c1ccc2oc(-c3cc(Cl)ccc3Cl)nc2c1. The van der Waals surface area contributed by atoms with Crippen LogP contribution in [0.15, 0.2) is 40.8 Å². The summed E-state index contributed by atoms with van der Waals surface area (Å²) in [6.07, 6.45) is 0. The van der Waals surface area contributed by atoms with Gasteiger partial charge in [-0.15, -0.1) is 0 Å². The number of nitrogens with zero attached hydrogens (tertiary/aromatic N) is 1. The first-order valence-corrected chi connectivity index (χ1v) is 6.39. The van der Waals surface area contributed by atoms with Crippen molar-refractivity contribution < 1.29 is 14.3 Å². The van der Waals surface area contributed by atoms with E-state index in [0.717, 1.165) is 0 Å². The minimum absolute atomic E-state index is 0.148. The lowest BCUT2D eigenvalue weighted by Crippen LogP contribution is -1.94. The molecule has 4 nitrogen and oxygen atoms in total. The zero-order valence-electron chi connectivity index (χ0n) is 9.93. The standard InChI is InChI=1S/C14H7Cl2NO3/c15-8-2-3-10(16)9(6-8)13-17-11-5-7(14(18)19)1-4-12(11)20-13/h1-6H,(H,18,19). The fourth-order valence-electron chi connectivity index (χ4n) is 1.84. The van der Waals surface area contributed by atoms with Crippen molar-refractivity contribution in [1.29, 1.82) is 0 Å². The molecule has 0 spiro atoms. The van der Waals surface area contributed by atoms with Gasteiger partial charge in [0.25, 0.3) is 0 Å². The summed E-state index contributed by atoms with van der Waals surface area (Å²) in [5.41, 5.74) is 1.65. The summed E-state index contributed by atoms with van der Waals surface area (Å²) >= 11 is 12.0. The van der Waals surface area contributed by atoms with E-state index in [-0.39, 0.29) is 5.56 Å². The average molecular weight is 308 g/mol. The quantitative estimate of drug-likeness (QED) is 0.757. The van der Waals surface area contributed by atoms with Gasteiger partial charge in [0.2, 0.25) is 5.89 Å². The number of fused-ring (bicyclic) bond motifs is 1. The number of carboxylic acids is 1.